The molecule has 7 heteroatoms. The van der Waals surface area contributed by atoms with E-state index in [2.05, 4.69) is 5.32 Å². The van der Waals surface area contributed by atoms with E-state index in [1.807, 2.05) is 57.2 Å². The van der Waals surface area contributed by atoms with Crippen LogP contribution in [0.5, 0.6) is 11.5 Å². The Morgan fingerprint density at radius 3 is 2.54 bits per heavy atom. The molecule has 0 saturated heterocycles. The summed E-state index contributed by atoms with van der Waals surface area (Å²) in [5.41, 5.74) is 5.18. The summed E-state index contributed by atoms with van der Waals surface area (Å²) in [6, 6.07) is 17.4. The van der Waals surface area contributed by atoms with Gasteiger partial charge in [-0.1, -0.05) is 19.1 Å². The van der Waals surface area contributed by atoms with E-state index in [0.29, 0.717) is 29.0 Å². The van der Waals surface area contributed by atoms with Crippen molar-refractivity contribution < 1.29 is 23.8 Å². The van der Waals surface area contributed by atoms with Crippen molar-refractivity contribution >= 4 is 22.8 Å². The minimum atomic E-state index is -0.815. The number of ether oxygens (including phenoxy) is 1. The molecule has 6 nitrogen and oxygen atoms in total. The van der Waals surface area contributed by atoms with Crippen molar-refractivity contribution in [2.45, 2.75) is 46.1 Å². The number of carboxylic acid groups (broad SMARTS) is 1. The van der Waals surface area contributed by atoms with E-state index in [9.17, 15) is 14.0 Å². The van der Waals surface area contributed by atoms with Crippen molar-refractivity contribution in [1.82, 2.24) is 9.88 Å². The van der Waals surface area contributed by atoms with Gasteiger partial charge in [0.15, 0.2) is 0 Å². The molecule has 1 heterocycles. The molecule has 4 aromatic rings. The fourth-order valence-corrected chi connectivity index (χ4v) is 4.59. The van der Waals surface area contributed by atoms with E-state index in [-0.39, 0.29) is 24.2 Å². The van der Waals surface area contributed by atoms with Gasteiger partial charge in [-0.3, -0.25) is 9.59 Å². The maximum atomic E-state index is 13.6. The maximum Gasteiger partial charge on any atom is 0.303 e. The maximum absolute atomic E-state index is 13.6. The van der Waals surface area contributed by atoms with E-state index in [4.69, 9.17) is 9.84 Å². The molecular weight excluding hydrogens is 471 g/mol. The number of carboxylic acids is 1. The Morgan fingerprint density at radius 1 is 1.03 bits per heavy atom. The monoisotopic (exact) mass is 502 g/mol. The molecule has 0 saturated carbocycles. The van der Waals surface area contributed by atoms with E-state index < -0.39 is 5.97 Å². The van der Waals surface area contributed by atoms with Crippen LogP contribution in [0.1, 0.15) is 59.1 Å². The van der Waals surface area contributed by atoms with Crippen LogP contribution in [-0.2, 0) is 24.7 Å². The first-order valence-electron chi connectivity index (χ1n) is 12.3. The standard InChI is InChI=1S/C30H31FN2O4/c1-5-20-15-25(9-6-21(20)7-11-29(34)35)37-26-13-18(2)12-22(16-26)19(3)32-30(36)28-17-23-14-24(31)8-10-27(23)33(28)4/h6,8-10,12-17,19H,5,7,11H2,1-4H3,(H,32,36)(H,34,35). The van der Waals surface area contributed by atoms with Crippen molar-refractivity contribution in [3.05, 3.63) is 94.4 Å². The first kappa shape index (κ1) is 25.9. The van der Waals surface area contributed by atoms with Crippen molar-refractivity contribution in [1.29, 1.82) is 0 Å². The molecule has 3 aromatic carbocycles. The Bertz CT molecular complexity index is 1470. The van der Waals surface area contributed by atoms with Gasteiger partial charge < -0.3 is 19.7 Å². The lowest BCUT2D eigenvalue weighted by Gasteiger charge is -2.17. The van der Waals surface area contributed by atoms with Crippen LogP contribution < -0.4 is 10.1 Å². The number of fused-ring (bicyclic) bond motifs is 1. The van der Waals surface area contributed by atoms with Gasteiger partial charge in [0.25, 0.3) is 5.91 Å². The van der Waals surface area contributed by atoms with Crippen LogP contribution in [0.2, 0.25) is 0 Å². The molecule has 1 aromatic heterocycles. The molecule has 192 valence electrons. The summed E-state index contributed by atoms with van der Waals surface area (Å²) in [5, 5.41) is 12.7. The number of benzene rings is 3. The lowest BCUT2D eigenvalue weighted by Crippen LogP contribution is -2.28. The Kier molecular flexibility index (Phi) is 7.62. The van der Waals surface area contributed by atoms with Gasteiger partial charge in [-0.2, -0.15) is 0 Å². The number of hydrogen-bond acceptors (Lipinski definition) is 3. The smallest absolute Gasteiger partial charge is 0.303 e. The number of carbonyl (C=O) groups is 2. The van der Waals surface area contributed by atoms with Gasteiger partial charge in [0.1, 0.15) is 23.0 Å². The first-order chi connectivity index (χ1) is 17.6. The molecule has 4 rings (SSSR count). The van der Waals surface area contributed by atoms with Gasteiger partial charge in [-0.15, -0.1) is 0 Å². The predicted molar refractivity (Wildman–Crippen MR) is 142 cm³/mol. The van der Waals surface area contributed by atoms with Crippen LogP contribution in [0, 0.1) is 12.7 Å². The van der Waals surface area contributed by atoms with Crippen LogP contribution in [0.3, 0.4) is 0 Å². The molecule has 0 aliphatic heterocycles. The molecule has 0 bridgehead atoms. The number of aliphatic carboxylic acids is 1. The quantitative estimate of drug-likeness (QED) is 0.274. The first-order valence-corrected chi connectivity index (χ1v) is 12.3. The summed E-state index contributed by atoms with van der Waals surface area (Å²) in [6.07, 6.45) is 1.35. The summed E-state index contributed by atoms with van der Waals surface area (Å²) >= 11 is 0. The predicted octanol–water partition coefficient (Wildman–Crippen LogP) is 6.49. The van der Waals surface area contributed by atoms with Crippen LogP contribution in [0.15, 0.2) is 60.7 Å². The highest BCUT2D eigenvalue weighted by Crippen LogP contribution is 2.29. The summed E-state index contributed by atoms with van der Waals surface area (Å²) in [4.78, 5) is 24.0. The average molecular weight is 503 g/mol. The molecule has 1 amide bonds. The summed E-state index contributed by atoms with van der Waals surface area (Å²) < 4.78 is 21.5. The van der Waals surface area contributed by atoms with Crippen LogP contribution in [-0.4, -0.2) is 21.6 Å². The van der Waals surface area contributed by atoms with Crippen LogP contribution >= 0.6 is 0 Å². The second kappa shape index (κ2) is 10.9. The second-order valence-corrected chi connectivity index (χ2v) is 9.35. The minimum absolute atomic E-state index is 0.0910. The zero-order chi connectivity index (χ0) is 26.7. The number of aryl methyl sites for hydroxylation is 4. The van der Waals surface area contributed by atoms with E-state index >= 15 is 0 Å². The fraction of sp³-hybridized carbons (Fsp3) is 0.267. The van der Waals surface area contributed by atoms with Gasteiger partial charge >= 0.3 is 5.97 Å². The summed E-state index contributed by atoms with van der Waals surface area (Å²) in [5.74, 6) is -0.0830. The van der Waals surface area contributed by atoms with Crippen LogP contribution in [0.25, 0.3) is 10.9 Å². The molecule has 0 spiro atoms. The Balaban J connectivity index is 1.51. The normalized spacial score (nSPS) is 11.9. The van der Waals surface area contributed by atoms with Crippen molar-refractivity contribution in [2.75, 3.05) is 0 Å². The number of rotatable bonds is 9. The lowest BCUT2D eigenvalue weighted by molar-refractivity contribution is -0.136. The number of nitrogens with zero attached hydrogens (tertiary/aromatic N) is 1. The minimum Gasteiger partial charge on any atom is -0.481 e. The summed E-state index contributed by atoms with van der Waals surface area (Å²) in [7, 11) is 1.79. The highest BCUT2D eigenvalue weighted by atomic mass is 19.1. The number of amides is 1. The lowest BCUT2D eigenvalue weighted by atomic mass is 10.0. The topological polar surface area (TPSA) is 80.6 Å². The van der Waals surface area contributed by atoms with E-state index in [1.54, 1.807) is 23.7 Å². The van der Waals surface area contributed by atoms with Gasteiger partial charge in [0, 0.05) is 24.4 Å². The molecule has 0 radical (unpaired) electrons. The molecule has 2 N–H and O–H groups in total. The van der Waals surface area contributed by atoms with Gasteiger partial charge in [-0.05, 0) is 97.5 Å². The Morgan fingerprint density at radius 2 is 1.81 bits per heavy atom. The van der Waals surface area contributed by atoms with Gasteiger partial charge in [0.05, 0.1) is 6.04 Å². The molecule has 0 aliphatic carbocycles. The SMILES string of the molecule is CCc1cc(Oc2cc(C)cc(C(C)NC(=O)c3cc4cc(F)ccc4n3C)c2)ccc1CCC(=O)O. The second-order valence-electron chi connectivity index (χ2n) is 9.35. The molecule has 0 aliphatic rings. The van der Waals surface area contributed by atoms with Crippen molar-refractivity contribution in [3.8, 4) is 11.5 Å². The third-order valence-electron chi connectivity index (χ3n) is 6.56. The van der Waals surface area contributed by atoms with Gasteiger partial charge in [-0.25, -0.2) is 4.39 Å². The van der Waals surface area contributed by atoms with E-state index in [0.717, 1.165) is 34.2 Å². The third-order valence-corrected chi connectivity index (χ3v) is 6.56. The molecular formula is C30H31FN2O4. The highest BCUT2D eigenvalue weighted by Gasteiger charge is 2.18. The highest BCUT2D eigenvalue weighted by molar-refractivity contribution is 5.98. The summed E-state index contributed by atoms with van der Waals surface area (Å²) in [6.45, 7) is 5.91. The largest absolute Gasteiger partial charge is 0.481 e. The molecule has 1 atom stereocenters. The van der Waals surface area contributed by atoms with Crippen molar-refractivity contribution in [2.24, 2.45) is 7.05 Å². The van der Waals surface area contributed by atoms with Crippen molar-refractivity contribution in [3.63, 3.8) is 0 Å². The number of hydrogen-bond donors (Lipinski definition) is 2. The van der Waals surface area contributed by atoms with Crippen LogP contribution in [0.4, 0.5) is 4.39 Å². The Labute approximate surface area is 215 Å². The Hall–Kier alpha value is -4.13. The number of carbonyl (C=O) groups excluding carboxylic acids is 1. The fourth-order valence-electron chi connectivity index (χ4n) is 4.59. The number of nitrogens with one attached hydrogen (secondary N) is 1. The van der Waals surface area contributed by atoms with Gasteiger partial charge in [0.2, 0.25) is 0 Å². The zero-order valence-electron chi connectivity index (χ0n) is 21.5. The average Bonchev–Trinajstić information content (AvgIpc) is 3.18. The third kappa shape index (κ3) is 6.00. The number of aromatic nitrogens is 1. The molecule has 0 fully saturated rings. The van der Waals surface area contributed by atoms with E-state index in [1.165, 1.54) is 12.1 Å². The zero-order valence-corrected chi connectivity index (χ0v) is 21.5. The number of halogens is 1. The molecule has 1 unspecified atom stereocenters. The molecule has 37 heavy (non-hydrogen) atoms.